The first-order chi connectivity index (χ1) is 30.3. The summed E-state index contributed by atoms with van der Waals surface area (Å²) in [6.45, 7) is 0. The highest BCUT2D eigenvalue weighted by molar-refractivity contribution is 6.26. The minimum atomic E-state index is 0.842. The van der Waals surface area contributed by atoms with E-state index in [1.807, 2.05) is 0 Å². The van der Waals surface area contributed by atoms with E-state index in [1.165, 1.54) is 37.9 Å². The Morgan fingerprint density at radius 1 is 0.279 bits per heavy atom. The molecule has 0 aliphatic carbocycles. The van der Waals surface area contributed by atoms with Gasteiger partial charge < -0.3 is 14.5 Å². The predicted molar refractivity (Wildman–Crippen MR) is 257 cm³/mol. The second kappa shape index (κ2) is 14.3. The third-order valence-electron chi connectivity index (χ3n) is 12.2. The van der Waals surface area contributed by atoms with Gasteiger partial charge in [-0.2, -0.15) is 0 Å². The number of fused-ring (bicyclic) bond motifs is 8. The zero-order chi connectivity index (χ0) is 40.3. The van der Waals surface area contributed by atoms with Crippen LogP contribution in [-0.2, 0) is 0 Å². The molecule has 12 rings (SSSR count). The first kappa shape index (κ1) is 34.9. The number of hydrogen-bond donors (Lipinski definition) is 0. The molecule has 0 unspecified atom stereocenters. The van der Waals surface area contributed by atoms with E-state index in [4.69, 9.17) is 4.74 Å². The van der Waals surface area contributed by atoms with Gasteiger partial charge in [-0.1, -0.05) is 140 Å². The van der Waals surface area contributed by atoms with Gasteiger partial charge in [0.15, 0.2) is 0 Å². The fourth-order valence-corrected chi connectivity index (χ4v) is 9.42. The summed E-state index contributed by atoms with van der Waals surface area (Å²) in [5.41, 5.74) is 11.0. The van der Waals surface area contributed by atoms with Gasteiger partial charge in [-0.25, -0.2) is 0 Å². The van der Waals surface area contributed by atoms with Gasteiger partial charge in [-0.3, -0.25) is 0 Å². The molecule has 0 amide bonds. The van der Waals surface area contributed by atoms with Gasteiger partial charge in [0.05, 0.1) is 0 Å². The molecule has 0 saturated carbocycles. The average Bonchev–Trinajstić information content (AvgIpc) is 3.33. The number of benzene rings is 11. The molecule has 3 nitrogen and oxygen atoms in total. The van der Waals surface area contributed by atoms with Crippen molar-refractivity contribution in [3.8, 4) is 33.8 Å². The molecule has 61 heavy (non-hydrogen) atoms. The Labute approximate surface area is 354 Å². The van der Waals surface area contributed by atoms with Crippen LogP contribution in [0.25, 0.3) is 65.3 Å². The van der Waals surface area contributed by atoms with Crippen molar-refractivity contribution in [3.63, 3.8) is 0 Å². The van der Waals surface area contributed by atoms with Crippen LogP contribution in [0.15, 0.2) is 231 Å². The van der Waals surface area contributed by atoms with Crippen LogP contribution >= 0.6 is 0 Å². The van der Waals surface area contributed by atoms with E-state index < -0.39 is 0 Å². The fraction of sp³-hybridized carbons (Fsp3) is 0. The molecule has 0 radical (unpaired) electrons. The van der Waals surface area contributed by atoms with Crippen molar-refractivity contribution in [1.82, 2.24) is 0 Å². The van der Waals surface area contributed by atoms with Crippen molar-refractivity contribution < 1.29 is 4.74 Å². The van der Waals surface area contributed by atoms with E-state index in [0.29, 0.717) is 0 Å². The van der Waals surface area contributed by atoms with Crippen LogP contribution in [0.2, 0.25) is 0 Å². The maximum absolute atomic E-state index is 7.14. The van der Waals surface area contributed by atoms with Gasteiger partial charge >= 0.3 is 0 Å². The highest BCUT2D eigenvalue weighted by Crippen LogP contribution is 2.52. The number of ether oxygens (including phenoxy) is 1. The molecule has 0 saturated heterocycles. The Morgan fingerprint density at radius 2 is 0.754 bits per heavy atom. The summed E-state index contributed by atoms with van der Waals surface area (Å²) in [5, 5.41) is 9.65. The molecule has 1 aliphatic rings. The lowest BCUT2D eigenvalue weighted by Gasteiger charge is -2.28. The molecule has 0 bridgehead atoms. The highest BCUT2D eigenvalue weighted by atomic mass is 16.5. The van der Waals surface area contributed by atoms with Gasteiger partial charge in [-0.05, 0) is 134 Å². The number of hydrogen-bond acceptors (Lipinski definition) is 3. The summed E-state index contributed by atoms with van der Waals surface area (Å²) in [5.74, 6) is 1.73. The molecule has 286 valence electrons. The lowest BCUT2D eigenvalue weighted by atomic mass is 9.89. The first-order valence-electron chi connectivity index (χ1n) is 20.8. The van der Waals surface area contributed by atoms with Crippen LogP contribution in [0, 0.1) is 0 Å². The molecule has 0 spiro atoms. The van der Waals surface area contributed by atoms with E-state index in [0.717, 1.165) is 73.1 Å². The molecular weight excluding hydrogens is 741 g/mol. The van der Waals surface area contributed by atoms with Gasteiger partial charge in [0.2, 0.25) is 0 Å². The molecule has 1 aliphatic heterocycles. The van der Waals surface area contributed by atoms with Crippen molar-refractivity contribution in [3.05, 3.63) is 231 Å². The van der Waals surface area contributed by atoms with Crippen LogP contribution < -0.4 is 14.5 Å². The minimum Gasteiger partial charge on any atom is -0.455 e. The smallest absolute Gasteiger partial charge is 0.143 e. The van der Waals surface area contributed by atoms with Gasteiger partial charge in [-0.15, -0.1) is 0 Å². The van der Waals surface area contributed by atoms with E-state index in [1.54, 1.807) is 0 Å². The van der Waals surface area contributed by atoms with Gasteiger partial charge in [0, 0.05) is 56.7 Å². The van der Waals surface area contributed by atoms with Crippen LogP contribution in [0.3, 0.4) is 0 Å². The molecule has 0 fully saturated rings. The fourth-order valence-electron chi connectivity index (χ4n) is 9.42. The molecule has 1 heterocycles. The van der Waals surface area contributed by atoms with E-state index >= 15 is 0 Å². The Balaban J connectivity index is 1.01. The standard InChI is InChI=1S/C58H38N2O/c1-5-17-41(18-6-1)59(42-19-7-2-8-20-42)45-30-34-51-50-33-29-40(36-54(50)48-25-13-14-26-49(48)55(51)37-45)47-32-28-39-16-15-27-53-52-35-31-46(38-56(52)61-58(47)57(39)53)60(43-21-9-3-10-22-43)44-23-11-4-12-24-44/h1-38H. The summed E-state index contributed by atoms with van der Waals surface area (Å²) < 4.78 is 7.14. The summed E-state index contributed by atoms with van der Waals surface area (Å²) >= 11 is 0. The van der Waals surface area contributed by atoms with Crippen LogP contribution in [-0.4, -0.2) is 0 Å². The lowest BCUT2D eigenvalue weighted by Crippen LogP contribution is -2.10. The Kier molecular flexibility index (Phi) is 8.17. The number of rotatable bonds is 7. The van der Waals surface area contributed by atoms with Crippen molar-refractivity contribution in [2.24, 2.45) is 0 Å². The Morgan fingerprint density at radius 3 is 1.34 bits per heavy atom. The molecule has 0 aromatic heterocycles. The SMILES string of the molecule is c1ccc(N(c2ccccc2)c2ccc3c(c2)Oc2c(-c4ccc5c6ccc(N(c7ccccc7)c7ccccc7)cc6c6ccccc6c5c4)ccc4cccc-3c24)cc1. The molecule has 0 N–H and O–H groups in total. The highest BCUT2D eigenvalue weighted by Gasteiger charge is 2.25. The molecule has 0 atom stereocenters. The maximum Gasteiger partial charge on any atom is 0.143 e. The monoisotopic (exact) mass is 778 g/mol. The quantitative estimate of drug-likeness (QED) is 0.150. The Hall–Kier alpha value is -8.14. The summed E-state index contributed by atoms with van der Waals surface area (Å²) in [7, 11) is 0. The second-order valence-electron chi connectivity index (χ2n) is 15.7. The normalized spacial score (nSPS) is 11.7. The third kappa shape index (κ3) is 5.82. The zero-order valence-electron chi connectivity index (χ0n) is 33.2. The summed E-state index contributed by atoms with van der Waals surface area (Å²) in [6, 6.07) is 82.6. The van der Waals surface area contributed by atoms with Gasteiger partial charge in [0.25, 0.3) is 0 Å². The lowest BCUT2D eigenvalue weighted by molar-refractivity contribution is 0.489. The number of nitrogens with zero attached hydrogens (tertiary/aromatic N) is 2. The summed E-state index contributed by atoms with van der Waals surface area (Å²) in [6.07, 6.45) is 0. The van der Waals surface area contributed by atoms with E-state index in [-0.39, 0.29) is 0 Å². The molecule has 11 aromatic rings. The number of para-hydroxylation sites is 4. The predicted octanol–water partition coefficient (Wildman–Crippen LogP) is 16.7. The topological polar surface area (TPSA) is 15.7 Å². The average molecular weight is 779 g/mol. The minimum absolute atomic E-state index is 0.842. The maximum atomic E-state index is 7.14. The molecule has 3 heteroatoms. The van der Waals surface area contributed by atoms with Crippen LogP contribution in [0.1, 0.15) is 0 Å². The molecular formula is C58H38N2O. The van der Waals surface area contributed by atoms with Crippen molar-refractivity contribution in [1.29, 1.82) is 0 Å². The van der Waals surface area contributed by atoms with Crippen molar-refractivity contribution >= 4 is 77.2 Å². The largest absolute Gasteiger partial charge is 0.455 e. The van der Waals surface area contributed by atoms with E-state index in [9.17, 15) is 0 Å². The van der Waals surface area contributed by atoms with Crippen LogP contribution in [0.4, 0.5) is 34.1 Å². The first-order valence-corrected chi connectivity index (χ1v) is 20.8. The zero-order valence-corrected chi connectivity index (χ0v) is 33.2. The number of anilines is 6. The summed E-state index contributed by atoms with van der Waals surface area (Å²) in [4.78, 5) is 4.62. The third-order valence-corrected chi connectivity index (χ3v) is 12.2. The van der Waals surface area contributed by atoms with Crippen molar-refractivity contribution in [2.75, 3.05) is 9.80 Å². The van der Waals surface area contributed by atoms with Gasteiger partial charge in [0.1, 0.15) is 11.5 Å². The second-order valence-corrected chi connectivity index (χ2v) is 15.7. The van der Waals surface area contributed by atoms with Crippen LogP contribution in [0.5, 0.6) is 11.5 Å². The molecule has 11 aromatic carbocycles. The Bertz CT molecular complexity index is 3340. The van der Waals surface area contributed by atoms with Crippen molar-refractivity contribution in [2.45, 2.75) is 0 Å². The van der Waals surface area contributed by atoms with E-state index in [2.05, 4.69) is 240 Å².